The summed E-state index contributed by atoms with van der Waals surface area (Å²) in [5, 5.41) is 10.0. The molecule has 2 N–H and O–H groups in total. The van der Waals surface area contributed by atoms with Crippen LogP contribution in [0.2, 0.25) is 0 Å². The second-order valence-electron chi connectivity index (χ2n) is 4.83. The Balaban J connectivity index is 2.56. The molecule has 122 valence electrons. The van der Waals surface area contributed by atoms with Crippen molar-refractivity contribution < 1.29 is 27.6 Å². The molecule has 6 nitrogen and oxygen atoms in total. The maximum atomic E-state index is 12.4. The lowest BCUT2D eigenvalue weighted by Crippen LogP contribution is -2.08. The van der Waals surface area contributed by atoms with E-state index in [-0.39, 0.29) is 23.5 Å². The van der Waals surface area contributed by atoms with E-state index in [1.165, 1.54) is 12.1 Å². The van der Waals surface area contributed by atoms with Crippen LogP contribution in [-0.4, -0.2) is 30.5 Å². The van der Waals surface area contributed by atoms with Crippen LogP contribution >= 0.6 is 0 Å². The zero-order chi connectivity index (χ0) is 17.0. The van der Waals surface area contributed by atoms with Crippen molar-refractivity contribution in [3.63, 3.8) is 0 Å². The van der Waals surface area contributed by atoms with E-state index < -0.39 is 26.5 Å². The van der Waals surface area contributed by atoms with E-state index in [1.54, 1.807) is 18.2 Å². The molecule has 0 bridgehead atoms. The van der Waals surface area contributed by atoms with Crippen LogP contribution in [0.3, 0.4) is 0 Å². The number of hydrogen-bond donors (Lipinski definition) is 2. The van der Waals surface area contributed by atoms with Crippen LogP contribution in [0.1, 0.15) is 29.3 Å². The van der Waals surface area contributed by atoms with Crippen LogP contribution in [0, 0.1) is 0 Å². The third-order valence-electron chi connectivity index (χ3n) is 3.08. The first-order valence-electron chi connectivity index (χ1n) is 6.91. The minimum atomic E-state index is -4.61. The summed E-state index contributed by atoms with van der Waals surface area (Å²) < 4.78 is 37.6. The van der Waals surface area contributed by atoms with Crippen molar-refractivity contribution in [2.24, 2.45) is 0 Å². The van der Waals surface area contributed by atoms with E-state index in [4.69, 9.17) is 4.74 Å². The highest BCUT2D eigenvalue weighted by Gasteiger charge is 2.23. The van der Waals surface area contributed by atoms with Gasteiger partial charge in [0.1, 0.15) is 16.4 Å². The number of phenols is 1. The van der Waals surface area contributed by atoms with Gasteiger partial charge in [0.25, 0.3) is 10.1 Å². The van der Waals surface area contributed by atoms with Crippen molar-refractivity contribution >= 4 is 15.9 Å². The van der Waals surface area contributed by atoms with E-state index in [9.17, 15) is 22.9 Å². The van der Waals surface area contributed by atoms with Crippen molar-refractivity contribution in [2.45, 2.75) is 18.2 Å². The molecule has 7 heteroatoms. The van der Waals surface area contributed by atoms with Crippen LogP contribution in [0.5, 0.6) is 11.5 Å². The molecule has 0 radical (unpaired) electrons. The predicted molar refractivity (Wildman–Crippen MR) is 83.6 cm³/mol. The van der Waals surface area contributed by atoms with Crippen molar-refractivity contribution in [1.29, 1.82) is 0 Å². The zero-order valence-corrected chi connectivity index (χ0v) is 13.2. The number of aromatic hydroxyl groups is 1. The molecule has 0 aliphatic rings. The monoisotopic (exact) mass is 336 g/mol. The Morgan fingerprint density at radius 2 is 1.83 bits per heavy atom. The number of carbonyl (C=O) groups is 1. The highest BCUT2D eigenvalue weighted by atomic mass is 32.2. The summed E-state index contributed by atoms with van der Waals surface area (Å²) in [4.78, 5) is 11.8. The van der Waals surface area contributed by atoms with Gasteiger partial charge >= 0.3 is 0 Å². The second kappa shape index (κ2) is 6.80. The van der Waals surface area contributed by atoms with Crippen LogP contribution in [-0.2, 0) is 10.1 Å². The van der Waals surface area contributed by atoms with Crippen LogP contribution in [0.4, 0.5) is 0 Å². The van der Waals surface area contributed by atoms with Crippen molar-refractivity contribution in [3.05, 3.63) is 53.6 Å². The SMILES string of the molecule is CCCOc1cc(O)c(C(=O)c2ccccc2)cc1S(=O)(=O)O. The smallest absolute Gasteiger partial charge is 0.298 e. The first-order valence-corrected chi connectivity index (χ1v) is 8.35. The van der Waals surface area contributed by atoms with Gasteiger partial charge in [-0.15, -0.1) is 0 Å². The Kier molecular flexibility index (Phi) is 5.02. The van der Waals surface area contributed by atoms with Gasteiger partial charge in [-0.05, 0) is 12.5 Å². The van der Waals surface area contributed by atoms with Gasteiger partial charge in [0.05, 0.1) is 12.2 Å². The minimum Gasteiger partial charge on any atom is -0.507 e. The standard InChI is InChI=1S/C16H16O6S/c1-2-8-22-14-10-13(17)12(9-15(14)23(19,20)21)16(18)11-6-4-3-5-7-11/h3-7,9-10,17H,2,8H2,1H3,(H,19,20,21). The number of rotatable bonds is 6. The average molecular weight is 336 g/mol. The van der Waals surface area contributed by atoms with Crippen molar-refractivity contribution in [2.75, 3.05) is 6.61 Å². The van der Waals surface area contributed by atoms with E-state index >= 15 is 0 Å². The van der Waals surface area contributed by atoms with Crippen LogP contribution < -0.4 is 4.74 Å². The van der Waals surface area contributed by atoms with Crippen LogP contribution in [0.25, 0.3) is 0 Å². The van der Waals surface area contributed by atoms with E-state index in [0.717, 1.165) is 12.1 Å². The first kappa shape index (κ1) is 17.0. The molecule has 0 saturated heterocycles. The highest BCUT2D eigenvalue weighted by molar-refractivity contribution is 7.86. The molecule has 0 aliphatic carbocycles. The Hall–Kier alpha value is -2.38. The van der Waals surface area contributed by atoms with Gasteiger partial charge in [-0.1, -0.05) is 37.3 Å². The maximum absolute atomic E-state index is 12.4. The molecule has 0 aliphatic heterocycles. The van der Waals surface area contributed by atoms with Crippen LogP contribution in [0.15, 0.2) is 47.4 Å². The number of ether oxygens (including phenoxy) is 1. The van der Waals surface area contributed by atoms with Gasteiger partial charge in [-0.25, -0.2) is 0 Å². The molecule has 2 aromatic carbocycles. The lowest BCUT2D eigenvalue weighted by atomic mass is 10.0. The van der Waals surface area contributed by atoms with Gasteiger partial charge in [-0.3, -0.25) is 9.35 Å². The van der Waals surface area contributed by atoms with Crippen molar-refractivity contribution in [1.82, 2.24) is 0 Å². The Morgan fingerprint density at radius 3 is 2.39 bits per heavy atom. The fourth-order valence-corrected chi connectivity index (χ4v) is 2.64. The van der Waals surface area contributed by atoms with E-state index in [1.807, 2.05) is 6.92 Å². The summed E-state index contributed by atoms with van der Waals surface area (Å²) in [6, 6.07) is 10.0. The summed E-state index contributed by atoms with van der Waals surface area (Å²) >= 11 is 0. The number of ketones is 1. The van der Waals surface area contributed by atoms with Gasteiger partial charge in [-0.2, -0.15) is 8.42 Å². The number of phenolic OH excluding ortho intramolecular Hbond substituents is 1. The summed E-state index contributed by atoms with van der Waals surface area (Å²) in [6.45, 7) is 2.02. The third kappa shape index (κ3) is 3.88. The predicted octanol–water partition coefficient (Wildman–Crippen LogP) is 2.66. The number of hydrogen-bond acceptors (Lipinski definition) is 5. The van der Waals surface area contributed by atoms with Gasteiger partial charge in [0, 0.05) is 11.6 Å². The van der Waals surface area contributed by atoms with E-state index in [2.05, 4.69) is 0 Å². The van der Waals surface area contributed by atoms with E-state index in [0.29, 0.717) is 6.42 Å². The molecule has 0 atom stereocenters. The topological polar surface area (TPSA) is 101 Å². The molecule has 0 fully saturated rings. The minimum absolute atomic E-state index is 0.198. The van der Waals surface area contributed by atoms with Gasteiger partial charge in [0.15, 0.2) is 5.78 Å². The summed E-state index contributed by atoms with van der Waals surface area (Å²) in [7, 11) is -4.61. The Labute approximate surface area is 134 Å². The molecule has 0 saturated carbocycles. The molecular formula is C16H16O6S. The highest BCUT2D eigenvalue weighted by Crippen LogP contribution is 2.33. The quantitative estimate of drug-likeness (QED) is 0.621. The summed E-state index contributed by atoms with van der Waals surface area (Å²) in [5.74, 6) is -1.18. The Morgan fingerprint density at radius 1 is 1.17 bits per heavy atom. The first-order chi connectivity index (χ1) is 10.8. The molecule has 0 unspecified atom stereocenters. The molecule has 2 aromatic rings. The maximum Gasteiger partial charge on any atom is 0.298 e. The number of carbonyl (C=O) groups excluding carboxylic acids is 1. The summed E-state index contributed by atoms with van der Waals surface area (Å²) in [6.07, 6.45) is 0.608. The normalized spacial score (nSPS) is 11.2. The van der Waals surface area contributed by atoms with Gasteiger partial charge in [0.2, 0.25) is 0 Å². The molecule has 0 amide bonds. The third-order valence-corrected chi connectivity index (χ3v) is 3.96. The average Bonchev–Trinajstić information content (AvgIpc) is 2.52. The molecule has 0 aromatic heterocycles. The molecule has 2 rings (SSSR count). The second-order valence-corrected chi connectivity index (χ2v) is 6.22. The summed E-state index contributed by atoms with van der Waals surface area (Å²) in [5.41, 5.74) is 0.0546. The molecule has 23 heavy (non-hydrogen) atoms. The molecule has 0 heterocycles. The zero-order valence-electron chi connectivity index (χ0n) is 12.4. The molecular weight excluding hydrogens is 320 g/mol. The lowest BCUT2D eigenvalue weighted by molar-refractivity contribution is 0.103. The largest absolute Gasteiger partial charge is 0.507 e. The van der Waals surface area contributed by atoms with Crippen molar-refractivity contribution in [3.8, 4) is 11.5 Å². The fourth-order valence-electron chi connectivity index (χ4n) is 2.00. The fraction of sp³-hybridized carbons (Fsp3) is 0.188. The number of benzene rings is 2. The Bertz CT molecular complexity index is 812. The molecule has 0 spiro atoms. The van der Waals surface area contributed by atoms with Gasteiger partial charge < -0.3 is 9.84 Å². The lowest BCUT2D eigenvalue weighted by Gasteiger charge is -2.12.